The minimum Gasteiger partial charge on any atom is -0.497 e. The number of nitrogens with one attached hydrogen (secondary N) is 1. The molecule has 1 N–H and O–H groups in total. The summed E-state index contributed by atoms with van der Waals surface area (Å²) in [5.74, 6) is 0.546. The van der Waals surface area contributed by atoms with Gasteiger partial charge in [-0.15, -0.1) is 0 Å². The predicted octanol–water partition coefficient (Wildman–Crippen LogP) is 5.24. The van der Waals surface area contributed by atoms with E-state index < -0.39 is 0 Å². The molecule has 1 aliphatic heterocycles. The van der Waals surface area contributed by atoms with E-state index in [0.29, 0.717) is 28.6 Å². The van der Waals surface area contributed by atoms with Gasteiger partial charge >= 0.3 is 0 Å². The molecule has 162 valence electrons. The van der Waals surface area contributed by atoms with Gasteiger partial charge in [-0.2, -0.15) is 0 Å². The first-order chi connectivity index (χ1) is 14.8. The quantitative estimate of drug-likeness (QED) is 0.458. The number of rotatable bonds is 7. The number of hydrogen-bond donors (Lipinski definition) is 1. The number of carbonyl (C=O) groups is 2. The predicted molar refractivity (Wildman–Crippen MR) is 131 cm³/mol. The highest BCUT2D eigenvalue weighted by Gasteiger charge is 2.31. The third-order valence-corrected chi connectivity index (χ3v) is 6.37. The summed E-state index contributed by atoms with van der Waals surface area (Å²) >= 11 is 6.68. The van der Waals surface area contributed by atoms with E-state index in [2.05, 4.69) is 17.4 Å². The van der Waals surface area contributed by atoms with Gasteiger partial charge in [-0.3, -0.25) is 14.5 Å². The lowest BCUT2D eigenvalue weighted by Gasteiger charge is -2.15. The van der Waals surface area contributed by atoms with Crippen LogP contribution in [0.4, 0.5) is 5.69 Å². The minimum atomic E-state index is -0.122. The first kappa shape index (κ1) is 23.0. The van der Waals surface area contributed by atoms with Crippen molar-refractivity contribution >= 4 is 51.9 Å². The maximum absolute atomic E-state index is 12.8. The highest BCUT2D eigenvalue weighted by molar-refractivity contribution is 8.26. The van der Waals surface area contributed by atoms with Gasteiger partial charge in [0.25, 0.3) is 5.91 Å². The van der Waals surface area contributed by atoms with Crippen LogP contribution in [0.25, 0.3) is 6.08 Å². The van der Waals surface area contributed by atoms with E-state index in [1.165, 1.54) is 17.3 Å². The molecule has 7 heteroatoms. The van der Waals surface area contributed by atoms with Crippen molar-refractivity contribution < 1.29 is 14.3 Å². The molecule has 2 aromatic carbocycles. The Bertz CT molecular complexity index is 1040. The highest BCUT2D eigenvalue weighted by Crippen LogP contribution is 2.33. The van der Waals surface area contributed by atoms with Crippen molar-refractivity contribution in [1.82, 2.24) is 4.90 Å². The van der Waals surface area contributed by atoms with E-state index >= 15 is 0 Å². The van der Waals surface area contributed by atoms with Gasteiger partial charge in [-0.05, 0) is 62.1 Å². The third kappa shape index (κ3) is 5.74. The molecule has 0 atom stereocenters. The maximum Gasteiger partial charge on any atom is 0.266 e. The number of carbonyl (C=O) groups excluding carboxylic acids is 2. The van der Waals surface area contributed by atoms with E-state index in [0.717, 1.165) is 28.1 Å². The van der Waals surface area contributed by atoms with Gasteiger partial charge in [-0.25, -0.2) is 0 Å². The molecule has 0 spiro atoms. The Hall–Kier alpha value is -2.64. The van der Waals surface area contributed by atoms with Crippen LogP contribution in [0.5, 0.6) is 5.75 Å². The maximum atomic E-state index is 12.8. The van der Waals surface area contributed by atoms with E-state index in [4.69, 9.17) is 17.0 Å². The topological polar surface area (TPSA) is 58.6 Å². The van der Waals surface area contributed by atoms with Crippen LogP contribution >= 0.6 is 24.0 Å². The fraction of sp³-hybridized carbons (Fsp3) is 0.292. The molecular weight excluding hydrogens is 428 g/mol. The van der Waals surface area contributed by atoms with Gasteiger partial charge in [0.2, 0.25) is 5.91 Å². The van der Waals surface area contributed by atoms with Crippen LogP contribution in [0.2, 0.25) is 0 Å². The lowest BCUT2D eigenvalue weighted by molar-refractivity contribution is -0.122. The van der Waals surface area contributed by atoms with Gasteiger partial charge in [0.05, 0.1) is 12.0 Å². The monoisotopic (exact) mass is 454 g/mol. The van der Waals surface area contributed by atoms with E-state index in [1.807, 2.05) is 51.1 Å². The van der Waals surface area contributed by atoms with E-state index in [-0.39, 0.29) is 11.8 Å². The average molecular weight is 455 g/mol. The average Bonchev–Trinajstić information content (AvgIpc) is 2.98. The fourth-order valence-corrected chi connectivity index (χ4v) is 4.86. The van der Waals surface area contributed by atoms with Gasteiger partial charge in [0, 0.05) is 18.7 Å². The normalized spacial score (nSPS) is 15.0. The Morgan fingerprint density at radius 2 is 1.90 bits per heavy atom. The summed E-state index contributed by atoms with van der Waals surface area (Å²) in [6.07, 6.45) is 2.67. The molecule has 3 rings (SSSR count). The second-order valence-electron chi connectivity index (χ2n) is 7.54. The second kappa shape index (κ2) is 10.1. The van der Waals surface area contributed by atoms with Crippen LogP contribution in [0, 0.1) is 20.8 Å². The van der Waals surface area contributed by atoms with Crippen molar-refractivity contribution in [3.63, 3.8) is 0 Å². The largest absolute Gasteiger partial charge is 0.497 e. The number of ether oxygens (including phenoxy) is 1. The highest BCUT2D eigenvalue weighted by atomic mass is 32.2. The number of benzene rings is 2. The molecule has 1 heterocycles. The zero-order valence-corrected chi connectivity index (χ0v) is 19.8. The number of thiocarbonyl (C=S) groups is 1. The first-order valence-electron chi connectivity index (χ1n) is 10.1. The minimum absolute atomic E-state index is 0.0626. The summed E-state index contributed by atoms with van der Waals surface area (Å²) in [5, 5.41) is 3.00. The zero-order valence-electron chi connectivity index (χ0n) is 18.2. The van der Waals surface area contributed by atoms with Crippen molar-refractivity contribution in [1.29, 1.82) is 0 Å². The Morgan fingerprint density at radius 3 is 2.58 bits per heavy atom. The van der Waals surface area contributed by atoms with Crippen molar-refractivity contribution in [2.75, 3.05) is 19.0 Å². The van der Waals surface area contributed by atoms with Crippen LogP contribution in [0.15, 0.2) is 41.3 Å². The molecule has 0 aliphatic carbocycles. The lowest BCUT2D eigenvalue weighted by atomic mass is 10.0. The van der Waals surface area contributed by atoms with Gasteiger partial charge in [-0.1, -0.05) is 53.8 Å². The SMILES string of the molecule is COc1cccc(C=C2SC(=S)N(CCCC(=O)Nc3c(C)cc(C)cc3C)C2=O)c1. The molecule has 0 saturated carbocycles. The molecular formula is C24H26N2O3S2. The summed E-state index contributed by atoms with van der Waals surface area (Å²) in [6, 6.07) is 11.6. The van der Waals surface area contributed by atoms with Crippen LogP contribution in [0.3, 0.4) is 0 Å². The number of nitrogens with zero attached hydrogens (tertiary/aromatic N) is 1. The first-order valence-corrected chi connectivity index (χ1v) is 11.3. The molecule has 0 unspecified atom stereocenters. The number of thioether (sulfide) groups is 1. The second-order valence-corrected chi connectivity index (χ2v) is 9.21. The summed E-state index contributed by atoms with van der Waals surface area (Å²) in [5.41, 5.74) is 5.01. The third-order valence-electron chi connectivity index (χ3n) is 4.99. The van der Waals surface area contributed by atoms with Gasteiger partial charge < -0.3 is 10.1 Å². The van der Waals surface area contributed by atoms with Gasteiger partial charge in [0.15, 0.2) is 0 Å². The summed E-state index contributed by atoms with van der Waals surface area (Å²) < 4.78 is 5.75. The molecule has 1 aliphatic rings. The smallest absolute Gasteiger partial charge is 0.266 e. The number of amides is 2. The summed E-state index contributed by atoms with van der Waals surface area (Å²) in [4.78, 5) is 27.4. The summed E-state index contributed by atoms with van der Waals surface area (Å²) in [7, 11) is 1.61. The van der Waals surface area contributed by atoms with Crippen molar-refractivity contribution in [3.8, 4) is 5.75 Å². The Balaban J connectivity index is 1.57. The standard InChI is InChI=1S/C24H26N2O3S2/c1-15-11-16(2)22(17(3)12-15)25-21(27)9-6-10-26-23(28)20(31-24(26)30)14-18-7-5-8-19(13-18)29-4/h5,7-8,11-14H,6,9-10H2,1-4H3,(H,25,27). The molecule has 2 amide bonds. The van der Waals surface area contributed by atoms with Crippen molar-refractivity contribution in [3.05, 3.63) is 63.6 Å². The van der Waals surface area contributed by atoms with Crippen LogP contribution < -0.4 is 10.1 Å². The van der Waals surface area contributed by atoms with Crippen LogP contribution in [0.1, 0.15) is 35.1 Å². The van der Waals surface area contributed by atoms with Crippen molar-refractivity contribution in [2.45, 2.75) is 33.6 Å². The molecule has 1 fully saturated rings. The van der Waals surface area contributed by atoms with E-state index in [9.17, 15) is 9.59 Å². The molecule has 1 saturated heterocycles. The lowest BCUT2D eigenvalue weighted by Crippen LogP contribution is -2.29. The van der Waals surface area contributed by atoms with Crippen molar-refractivity contribution in [2.24, 2.45) is 0 Å². The number of methoxy groups -OCH3 is 1. The fourth-order valence-electron chi connectivity index (χ4n) is 3.55. The number of anilines is 1. The summed E-state index contributed by atoms with van der Waals surface area (Å²) in [6.45, 7) is 6.44. The molecule has 5 nitrogen and oxygen atoms in total. The Morgan fingerprint density at radius 1 is 1.19 bits per heavy atom. The molecule has 0 radical (unpaired) electrons. The molecule has 2 aromatic rings. The zero-order chi connectivity index (χ0) is 22.5. The molecule has 0 bridgehead atoms. The number of aryl methyl sites for hydroxylation is 3. The van der Waals surface area contributed by atoms with Crippen LogP contribution in [-0.4, -0.2) is 34.7 Å². The molecule has 31 heavy (non-hydrogen) atoms. The Labute approximate surface area is 192 Å². The van der Waals surface area contributed by atoms with E-state index in [1.54, 1.807) is 12.0 Å². The van der Waals surface area contributed by atoms with Crippen LogP contribution in [-0.2, 0) is 9.59 Å². The van der Waals surface area contributed by atoms with Gasteiger partial charge in [0.1, 0.15) is 10.1 Å². The molecule has 0 aromatic heterocycles. The Kier molecular flexibility index (Phi) is 7.51. The number of hydrogen-bond acceptors (Lipinski definition) is 5.